The number of hydrogen-bond acceptors (Lipinski definition) is 13. The predicted octanol–water partition coefficient (Wildman–Crippen LogP) is 21.5. The third-order valence-electron chi connectivity index (χ3n) is 18.8. The van der Waals surface area contributed by atoms with Gasteiger partial charge in [0.25, 0.3) is 11.8 Å². The van der Waals surface area contributed by atoms with Crippen LogP contribution >= 0.6 is 0 Å². The molecule has 0 saturated heterocycles. The minimum atomic E-state index is -0.315. The second-order valence-corrected chi connectivity index (χ2v) is 28.4. The fraction of sp³-hybridized carbons (Fsp3) is 0.759. The highest BCUT2D eigenvalue weighted by Crippen LogP contribution is 2.17. The molecule has 0 aliphatic rings. The van der Waals surface area contributed by atoms with Crippen LogP contribution in [0.15, 0.2) is 66.8 Å². The first-order valence-corrected chi connectivity index (χ1v) is 41.9. The molecule has 0 aliphatic heterocycles. The number of unbranched alkanes of at least 4 members (excludes halogenated alkanes) is 36. The zero-order chi connectivity index (χ0) is 73.9. The van der Waals surface area contributed by atoms with Gasteiger partial charge in [-0.15, -0.1) is 0 Å². The van der Waals surface area contributed by atoms with E-state index in [1.165, 1.54) is 103 Å². The lowest BCUT2D eigenvalue weighted by atomic mass is 10.0. The molecule has 1 rings (SSSR count). The molecule has 102 heavy (non-hydrogen) atoms. The van der Waals surface area contributed by atoms with Gasteiger partial charge >= 0.3 is 23.9 Å². The van der Waals surface area contributed by atoms with Crippen LogP contribution in [0.2, 0.25) is 0 Å². The van der Waals surface area contributed by atoms with E-state index in [9.17, 15) is 33.6 Å². The Morgan fingerprint density at radius 2 is 0.529 bits per heavy atom. The van der Waals surface area contributed by atoms with Gasteiger partial charge in [-0.05, 0) is 173 Å². The average Bonchev–Trinajstić information content (AvgIpc) is 0.846. The molecular formula is C87H150N4O11. The number of amides is 2. The number of carbonyl (C=O) groups excluding carboxylic acids is 7. The molecule has 0 radical (unpaired) electrons. The summed E-state index contributed by atoms with van der Waals surface area (Å²) in [6.45, 7) is 16.8. The van der Waals surface area contributed by atoms with Crippen LogP contribution in [0.25, 0.3) is 0 Å². The SMILES string of the molecule is CCCCCC/C=C/COC(=O)CCCCCCCCN(CCCCCCCCC(=O)OC/C=C/CCCCCC)CCCNC(=O)c1cc(C=O)cc(C(=O)NCCCN(CCCCCCCCC(=O)OC/C=C/CCCCCC)CCCCCCCCC(=O)OC/C=C/CCCCCC)c1. The smallest absolute Gasteiger partial charge is 0.306 e. The fourth-order valence-electron chi connectivity index (χ4n) is 12.5. The molecule has 584 valence electrons. The number of nitrogens with zero attached hydrogens (tertiary/aromatic N) is 2. The summed E-state index contributed by atoms with van der Waals surface area (Å²) in [5.41, 5.74) is 0.842. The van der Waals surface area contributed by atoms with E-state index in [2.05, 4.69) is 72.4 Å². The zero-order valence-corrected chi connectivity index (χ0v) is 65.7. The molecule has 0 unspecified atom stereocenters. The maximum atomic E-state index is 13.7. The summed E-state index contributed by atoms with van der Waals surface area (Å²) in [4.78, 5) is 93.6. The molecule has 15 nitrogen and oxygen atoms in total. The predicted molar refractivity (Wildman–Crippen MR) is 423 cm³/mol. The molecule has 0 saturated carbocycles. The van der Waals surface area contributed by atoms with E-state index < -0.39 is 0 Å². The lowest BCUT2D eigenvalue weighted by Gasteiger charge is -2.22. The van der Waals surface area contributed by atoms with E-state index in [-0.39, 0.29) is 52.4 Å². The fourth-order valence-corrected chi connectivity index (χ4v) is 12.5. The number of carbonyl (C=O) groups is 7. The lowest BCUT2D eigenvalue weighted by Crippen LogP contribution is -2.32. The summed E-state index contributed by atoms with van der Waals surface area (Å²) in [6, 6.07) is 4.68. The van der Waals surface area contributed by atoms with Crippen LogP contribution < -0.4 is 10.6 Å². The number of benzene rings is 1. The first kappa shape index (κ1) is 94.6. The Hall–Kier alpha value is -5.41. The number of esters is 4. The number of nitrogens with one attached hydrogen (secondary N) is 2. The highest BCUT2D eigenvalue weighted by molar-refractivity contribution is 6.01. The summed E-state index contributed by atoms with van der Waals surface area (Å²) in [5.74, 6) is -1.10. The Bertz CT molecular complexity index is 2060. The summed E-state index contributed by atoms with van der Waals surface area (Å²) in [6.07, 6.45) is 69.4. The molecule has 0 fully saturated rings. The van der Waals surface area contributed by atoms with Crippen molar-refractivity contribution < 1.29 is 52.5 Å². The van der Waals surface area contributed by atoms with Gasteiger partial charge in [0.1, 0.15) is 32.7 Å². The third-order valence-corrected chi connectivity index (χ3v) is 18.8. The summed E-state index contributed by atoms with van der Waals surface area (Å²) >= 11 is 0. The Kier molecular flexibility index (Phi) is 68.5. The van der Waals surface area contributed by atoms with Crippen molar-refractivity contribution in [3.63, 3.8) is 0 Å². The lowest BCUT2D eigenvalue weighted by molar-refractivity contribution is -0.143. The van der Waals surface area contributed by atoms with Crippen molar-refractivity contribution in [2.75, 3.05) is 78.8 Å². The molecule has 0 heterocycles. The Balaban J connectivity index is 2.75. The standard InChI is InChI=1S/C87H150N4O11/c1-5-9-13-17-29-41-53-71-99-82(93)59-45-33-21-25-37-49-65-90(66-50-38-26-22-34-46-60-83(94)100-72-54-42-30-18-14-10-6-2)69-57-63-88-86(97)80-75-79(78-92)76-81(77-80)87(98)89-64-58-70-91(67-51-39-27-23-35-47-61-84(95)101-73-55-43-31-19-15-11-7-3)68-52-40-28-24-36-48-62-85(96)102-74-56-44-32-20-16-12-8-4/h41-44,53-56,75-78H,5-40,45-52,57-74H2,1-4H3,(H,88,97)(H,89,98)/b53-41+,54-42+,55-43+,56-44+. The van der Waals surface area contributed by atoms with E-state index in [1.54, 1.807) is 18.2 Å². The average molecular weight is 1430 g/mol. The van der Waals surface area contributed by atoms with Crippen molar-refractivity contribution in [1.29, 1.82) is 0 Å². The molecule has 0 spiro atoms. The second kappa shape index (κ2) is 73.9. The summed E-state index contributed by atoms with van der Waals surface area (Å²) < 4.78 is 21.6. The third kappa shape index (κ3) is 63.1. The number of aldehydes is 1. The largest absolute Gasteiger partial charge is 0.461 e. The molecule has 1 aromatic carbocycles. The normalized spacial score (nSPS) is 11.7. The van der Waals surface area contributed by atoms with Crippen LogP contribution in [0.5, 0.6) is 0 Å². The second-order valence-electron chi connectivity index (χ2n) is 28.4. The number of ether oxygens (including phenoxy) is 4. The van der Waals surface area contributed by atoms with Crippen molar-refractivity contribution >= 4 is 42.0 Å². The van der Waals surface area contributed by atoms with Gasteiger partial charge in [-0.2, -0.15) is 0 Å². The Morgan fingerprint density at radius 1 is 0.294 bits per heavy atom. The van der Waals surface area contributed by atoms with Crippen molar-refractivity contribution in [3.05, 3.63) is 83.5 Å². The van der Waals surface area contributed by atoms with Crippen LogP contribution in [0.3, 0.4) is 0 Å². The van der Waals surface area contributed by atoms with E-state index >= 15 is 0 Å². The molecule has 0 atom stereocenters. The van der Waals surface area contributed by atoms with Crippen LogP contribution in [-0.4, -0.2) is 131 Å². The molecule has 0 aromatic heterocycles. The first-order valence-electron chi connectivity index (χ1n) is 41.9. The Morgan fingerprint density at radius 3 is 0.784 bits per heavy atom. The number of allylic oxidation sites excluding steroid dienone is 4. The quantitative estimate of drug-likeness (QED) is 0.0206. The maximum Gasteiger partial charge on any atom is 0.306 e. The van der Waals surface area contributed by atoms with Crippen LogP contribution in [0.1, 0.15) is 380 Å². The van der Waals surface area contributed by atoms with Crippen LogP contribution in [0, 0.1) is 0 Å². The number of rotatable bonds is 75. The molecule has 1 aromatic rings. The van der Waals surface area contributed by atoms with Crippen molar-refractivity contribution in [1.82, 2.24) is 20.4 Å². The van der Waals surface area contributed by atoms with Crippen molar-refractivity contribution in [2.45, 2.75) is 349 Å². The van der Waals surface area contributed by atoms with Crippen molar-refractivity contribution in [3.8, 4) is 0 Å². The number of hydrogen-bond donors (Lipinski definition) is 2. The van der Waals surface area contributed by atoms with Gasteiger partial charge in [0.15, 0.2) is 0 Å². The van der Waals surface area contributed by atoms with Crippen molar-refractivity contribution in [2.24, 2.45) is 0 Å². The van der Waals surface area contributed by atoms with Crippen LogP contribution in [-0.2, 0) is 38.1 Å². The molecular weight excluding hydrogens is 1280 g/mol. The van der Waals surface area contributed by atoms with E-state index in [0.717, 1.165) is 232 Å². The minimum absolute atomic E-state index is 0.117. The first-order chi connectivity index (χ1) is 50.1. The summed E-state index contributed by atoms with van der Waals surface area (Å²) in [5, 5.41) is 6.14. The highest BCUT2D eigenvalue weighted by Gasteiger charge is 2.15. The maximum absolute atomic E-state index is 13.7. The van der Waals surface area contributed by atoms with Gasteiger partial charge in [0.2, 0.25) is 0 Å². The van der Waals surface area contributed by atoms with Gasteiger partial charge in [-0.1, -0.05) is 256 Å². The molecule has 0 bridgehead atoms. The van der Waals surface area contributed by atoms with E-state index in [1.807, 2.05) is 24.3 Å². The van der Waals surface area contributed by atoms with Gasteiger partial charge < -0.3 is 39.4 Å². The molecule has 2 N–H and O–H groups in total. The molecule has 0 aliphatic carbocycles. The minimum Gasteiger partial charge on any atom is -0.461 e. The van der Waals surface area contributed by atoms with Gasteiger partial charge in [0, 0.05) is 55.5 Å². The zero-order valence-electron chi connectivity index (χ0n) is 65.7. The van der Waals surface area contributed by atoms with Gasteiger partial charge in [-0.3, -0.25) is 33.6 Å². The molecule has 2 amide bonds. The monoisotopic (exact) mass is 1430 g/mol. The van der Waals surface area contributed by atoms with Gasteiger partial charge in [-0.25, -0.2) is 0 Å². The van der Waals surface area contributed by atoms with Gasteiger partial charge in [0.05, 0.1) is 0 Å². The highest BCUT2D eigenvalue weighted by atomic mass is 16.5. The topological polar surface area (TPSA) is 187 Å². The van der Waals surface area contributed by atoms with E-state index in [4.69, 9.17) is 18.9 Å². The van der Waals surface area contributed by atoms with E-state index in [0.29, 0.717) is 71.5 Å². The molecule has 15 heteroatoms. The van der Waals surface area contributed by atoms with Crippen LogP contribution in [0.4, 0.5) is 0 Å². The summed E-state index contributed by atoms with van der Waals surface area (Å²) in [7, 11) is 0. The Labute approximate surface area is 622 Å².